The first-order valence-electron chi connectivity index (χ1n) is 6.47. The summed E-state index contributed by atoms with van der Waals surface area (Å²) in [7, 11) is 0. The van der Waals surface area contributed by atoms with Crippen LogP contribution in [0.4, 0.5) is 8.78 Å². The van der Waals surface area contributed by atoms with E-state index in [9.17, 15) is 8.78 Å². The smallest absolute Gasteiger partial charge is 0.250 e. The van der Waals surface area contributed by atoms with Gasteiger partial charge in [-0.3, -0.25) is 0 Å². The molecule has 1 fully saturated rings. The highest BCUT2D eigenvalue weighted by atomic mass is 35.5. The van der Waals surface area contributed by atoms with Gasteiger partial charge in [0.1, 0.15) is 11.5 Å². The van der Waals surface area contributed by atoms with Gasteiger partial charge < -0.3 is 4.90 Å². The summed E-state index contributed by atoms with van der Waals surface area (Å²) in [6.07, 6.45) is 2.88. The van der Waals surface area contributed by atoms with Crippen LogP contribution in [0.3, 0.4) is 0 Å². The van der Waals surface area contributed by atoms with E-state index in [4.69, 9.17) is 11.6 Å². The van der Waals surface area contributed by atoms with Gasteiger partial charge in [0.05, 0.1) is 18.1 Å². The van der Waals surface area contributed by atoms with Gasteiger partial charge in [-0.2, -0.15) is 5.10 Å². The van der Waals surface area contributed by atoms with Gasteiger partial charge in [0, 0.05) is 32.5 Å². The lowest BCUT2D eigenvalue weighted by Crippen LogP contribution is -2.40. The number of rotatable bonds is 3. The number of hydrogen-bond acceptors (Lipinski definition) is 4. The molecular weight excluding hydrogens is 288 g/mol. The summed E-state index contributed by atoms with van der Waals surface area (Å²) in [4.78, 5) is 10.1. The van der Waals surface area contributed by atoms with Crippen LogP contribution >= 0.6 is 11.6 Å². The Kier molecular flexibility index (Phi) is 3.55. The van der Waals surface area contributed by atoms with Crippen LogP contribution in [0.15, 0.2) is 12.5 Å². The summed E-state index contributed by atoms with van der Waals surface area (Å²) in [5, 5.41) is 5.31. The van der Waals surface area contributed by atoms with Crippen LogP contribution in [0.25, 0.3) is 11.0 Å². The van der Waals surface area contributed by atoms with E-state index in [2.05, 4.69) is 15.1 Å². The van der Waals surface area contributed by atoms with Crippen molar-refractivity contribution in [3.8, 4) is 0 Å². The predicted octanol–water partition coefficient (Wildman–Crippen LogP) is 2.21. The molecule has 0 unspecified atom stereocenters. The van der Waals surface area contributed by atoms with Gasteiger partial charge in [-0.15, -0.1) is 0 Å². The van der Waals surface area contributed by atoms with Crippen molar-refractivity contribution in [2.75, 3.05) is 19.6 Å². The summed E-state index contributed by atoms with van der Waals surface area (Å²) < 4.78 is 27.9. The van der Waals surface area contributed by atoms with Gasteiger partial charge in [0.25, 0.3) is 5.92 Å². The van der Waals surface area contributed by atoms with E-state index >= 15 is 0 Å². The quantitative estimate of drug-likeness (QED) is 0.816. The molecule has 0 spiro atoms. The van der Waals surface area contributed by atoms with E-state index in [1.165, 1.54) is 6.33 Å². The molecule has 0 atom stereocenters. The lowest BCUT2D eigenvalue weighted by molar-refractivity contribution is -0.0555. The Balaban J connectivity index is 1.65. The van der Waals surface area contributed by atoms with E-state index in [1.54, 1.807) is 10.9 Å². The maximum atomic E-state index is 13.1. The van der Waals surface area contributed by atoms with E-state index < -0.39 is 5.92 Å². The van der Waals surface area contributed by atoms with E-state index in [-0.39, 0.29) is 12.8 Å². The Morgan fingerprint density at radius 1 is 1.20 bits per heavy atom. The number of piperidine rings is 1. The van der Waals surface area contributed by atoms with Crippen LogP contribution in [0.5, 0.6) is 0 Å². The molecule has 0 N–H and O–H groups in total. The lowest BCUT2D eigenvalue weighted by atomic mass is 10.1. The predicted molar refractivity (Wildman–Crippen MR) is 71.0 cm³/mol. The standard InChI is InChI=1S/C12H14ClF2N5/c13-10-9-7-18-20(11(9)17-8-16-10)6-5-19-3-1-12(14,15)2-4-19/h7-8H,1-6H2. The SMILES string of the molecule is FC1(F)CCN(CCn2ncc3c(Cl)ncnc32)CC1. The van der Waals surface area contributed by atoms with E-state index in [1.807, 2.05) is 4.90 Å². The minimum Gasteiger partial charge on any atom is -0.301 e. The Morgan fingerprint density at radius 2 is 1.95 bits per heavy atom. The molecule has 3 heterocycles. The molecule has 0 amide bonds. The van der Waals surface area contributed by atoms with Crippen LogP contribution in [0, 0.1) is 0 Å². The lowest BCUT2D eigenvalue weighted by Gasteiger charge is -2.31. The number of hydrogen-bond donors (Lipinski definition) is 0. The highest BCUT2D eigenvalue weighted by Crippen LogP contribution is 2.27. The summed E-state index contributed by atoms with van der Waals surface area (Å²) in [5.41, 5.74) is 0.673. The van der Waals surface area contributed by atoms with Crippen LogP contribution < -0.4 is 0 Å². The number of alkyl halides is 2. The zero-order chi connectivity index (χ0) is 14.2. The summed E-state index contributed by atoms with van der Waals surface area (Å²) in [6, 6.07) is 0. The number of halogens is 3. The molecule has 0 aromatic carbocycles. The average molecular weight is 302 g/mol. The second kappa shape index (κ2) is 5.21. The van der Waals surface area contributed by atoms with E-state index in [0.717, 1.165) is 0 Å². The highest BCUT2D eigenvalue weighted by molar-refractivity contribution is 6.33. The van der Waals surface area contributed by atoms with Gasteiger partial charge in [0.15, 0.2) is 5.65 Å². The van der Waals surface area contributed by atoms with Crippen molar-refractivity contribution in [3.63, 3.8) is 0 Å². The number of aromatic nitrogens is 4. The first-order chi connectivity index (χ1) is 9.55. The Morgan fingerprint density at radius 3 is 2.70 bits per heavy atom. The summed E-state index contributed by atoms with van der Waals surface area (Å²) in [5.74, 6) is -2.50. The Hall–Kier alpha value is -1.34. The second-order valence-electron chi connectivity index (χ2n) is 4.97. The van der Waals surface area contributed by atoms with Crippen molar-refractivity contribution < 1.29 is 8.78 Å². The van der Waals surface area contributed by atoms with Gasteiger partial charge in [-0.25, -0.2) is 23.4 Å². The monoisotopic (exact) mass is 301 g/mol. The van der Waals surface area contributed by atoms with Gasteiger partial charge in [-0.1, -0.05) is 11.6 Å². The molecule has 0 aliphatic carbocycles. The van der Waals surface area contributed by atoms with E-state index in [0.29, 0.717) is 42.4 Å². The maximum absolute atomic E-state index is 13.1. The molecule has 5 nitrogen and oxygen atoms in total. The van der Waals surface area contributed by atoms with Gasteiger partial charge >= 0.3 is 0 Å². The number of nitrogens with zero attached hydrogens (tertiary/aromatic N) is 5. The maximum Gasteiger partial charge on any atom is 0.250 e. The van der Waals surface area contributed by atoms with Crippen molar-refractivity contribution in [3.05, 3.63) is 17.7 Å². The van der Waals surface area contributed by atoms with Crippen LogP contribution in [0.2, 0.25) is 5.15 Å². The molecule has 20 heavy (non-hydrogen) atoms. The zero-order valence-electron chi connectivity index (χ0n) is 10.8. The topological polar surface area (TPSA) is 46.8 Å². The van der Waals surface area contributed by atoms with Gasteiger partial charge in [-0.05, 0) is 0 Å². The minimum absolute atomic E-state index is 0.0686. The molecule has 108 valence electrons. The van der Waals surface area contributed by atoms with Crippen molar-refractivity contribution in [2.24, 2.45) is 0 Å². The first-order valence-corrected chi connectivity index (χ1v) is 6.85. The number of likely N-dealkylation sites (tertiary alicyclic amines) is 1. The fraction of sp³-hybridized carbons (Fsp3) is 0.583. The highest BCUT2D eigenvalue weighted by Gasteiger charge is 2.33. The summed E-state index contributed by atoms with van der Waals surface area (Å²) in [6.45, 7) is 2.11. The molecule has 8 heteroatoms. The molecule has 1 aliphatic heterocycles. The fourth-order valence-corrected chi connectivity index (χ4v) is 2.54. The Labute approximate surface area is 119 Å². The molecule has 2 aromatic rings. The van der Waals surface area contributed by atoms with Crippen LogP contribution in [-0.4, -0.2) is 50.2 Å². The molecule has 1 saturated heterocycles. The van der Waals surface area contributed by atoms with Crippen LogP contribution in [0.1, 0.15) is 12.8 Å². The molecule has 3 rings (SSSR count). The molecular formula is C12H14ClF2N5. The largest absolute Gasteiger partial charge is 0.301 e. The Bertz CT molecular complexity index is 605. The van der Waals surface area contributed by atoms with Crippen LogP contribution in [-0.2, 0) is 6.54 Å². The normalized spacial score (nSPS) is 19.6. The molecule has 2 aromatic heterocycles. The molecule has 0 radical (unpaired) electrons. The van der Waals surface area contributed by atoms with Gasteiger partial charge in [0.2, 0.25) is 0 Å². The first kappa shape index (κ1) is 13.6. The minimum atomic E-state index is -2.50. The number of fused-ring (bicyclic) bond motifs is 1. The van der Waals surface area contributed by atoms with Crippen molar-refractivity contribution in [1.29, 1.82) is 0 Å². The second-order valence-corrected chi connectivity index (χ2v) is 5.33. The third-order valence-electron chi connectivity index (χ3n) is 3.60. The zero-order valence-corrected chi connectivity index (χ0v) is 11.5. The molecule has 0 bridgehead atoms. The van der Waals surface area contributed by atoms with Crippen molar-refractivity contribution >= 4 is 22.6 Å². The average Bonchev–Trinajstić information content (AvgIpc) is 2.82. The third-order valence-corrected chi connectivity index (χ3v) is 3.90. The fourth-order valence-electron chi connectivity index (χ4n) is 2.37. The third kappa shape index (κ3) is 2.73. The summed E-state index contributed by atoms with van der Waals surface area (Å²) >= 11 is 5.95. The molecule has 1 aliphatic rings. The molecule has 0 saturated carbocycles. The van der Waals surface area contributed by atoms with Crippen molar-refractivity contribution in [2.45, 2.75) is 25.3 Å². The van der Waals surface area contributed by atoms with Crippen molar-refractivity contribution in [1.82, 2.24) is 24.6 Å².